The number of hydrogen-bond acceptors (Lipinski definition) is 2. The lowest BCUT2D eigenvalue weighted by molar-refractivity contribution is -0.135. The van der Waals surface area contributed by atoms with Crippen LogP contribution in [0.15, 0.2) is 12.2 Å². The Morgan fingerprint density at radius 3 is 2.60 bits per heavy atom. The molecule has 86 valence electrons. The Morgan fingerprint density at radius 2 is 2.20 bits per heavy atom. The van der Waals surface area contributed by atoms with E-state index < -0.39 is 0 Å². The van der Waals surface area contributed by atoms with Crippen LogP contribution in [0.25, 0.3) is 0 Å². The van der Waals surface area contributed by atoms with Gasteiger partial charge in [-0.15, -0.1) is 0 Å². The molecule has 0 radical (unpaired) electrons. The summed E-state index contributed by atoms with van der Waals surface area (Å²) in [6.07, 6.45) is 3.02. The van der Waals surface area contributed by atoms with Gasteiger partial charge in [-0.1, -0.05) is 18.6 Å². The van der Waals surface area contributed by atoms with Gasteiger partial charge in [-0.2, -0.15) is 0 Å². The maximum Gasteiger partial charge on any atom is 0.227 e. The fraction of sp³-hybridized carbons (Fsp3) is 0.750. The van der Waals surface area contributed by atoms with E-state index in [-0.39, 0.29) is 17.9 Å². The molecule has 1 rings (SSSR count). The summed E-state index contributed by atoms with van der Waals surface area (Å²) in [5, 5.41) is 0. The van der Waals surface area contributed by atoms with Crippen molar-refractivity contribution in [1.29, 1.82) is 0 Å². The second-order valence-corrected chi connectivity index (χ2v) is 4.51. The number of hydrogen-bond donors (Lipinski definition) is 1. The number of nitrogens with zero attached hydrogens (tertiary/aromatic N) is 1. The number of carbonyl (C=O) groups excluding carboxylic acids is 1. The first-order chi connectivity index (χ1) is 7.06. The SMILES string of the molecule is C=C(C)CN(CC)C(=O)C1CCCC1N. The van der Waals surface area contributed by atoms with Crippen LogP contribution in [0.2, 0.25) is 0 Å². The van der Waals surface area contributed by atoms with Crippen LogP contribution in [0.1, 0.15) is 33.1 Å². The molecule has 2 N–H and O–H groups in total. The molecule has 2 atom stereocenters. The highest BCUT2D eigenvalue weighted by atomic mass is 16.2. The molecule has 0 aliphatic heterocycles. The molecule has 0 heterocycles. The van der Waals surface area contributed by atoms with Crippen molar-refractivity contribution in [2.75, 3.05) is 13.1 Å². The Labute approximate surface area is 92.3 Å². The van der Waals surface area contributed by atoms with Gasteiger partial charge in [0, 0.05) is 19.1 Å². The van der Waals surface area contributed by atoms with E-state index in [0.29, 0.717) is 6.54 Å². The zero-order valence-corrected chi connectivity index (χ0v) is 9.83. The quantitative estimate of drug-likeness (QED) is 0.715. The van der Waals surface area contributed by atoms with Gasteiger partial charge in [0.1, 0.15) is 0 Å². The minimum absolute atomic E-state index is 0.0456. The fourth-order valence-corrected chi connectivity index (χ4v) is 2.20. The molecule has 15 heavy (non-hydrogen) atoms. The largest absolute Gasteiger partial charge is 0.339 e. The van der Waals surface area contributed by atoms with Gasteiger partial charge < -0.3 is 10.6 Å². The van der Waals surface area contributed by atoms with Gasteiger partial charge in [0.15, 0.2) is 0 Å². The maximum atomic E-state index is 12.1. The number of nitrogens with two attached hydrogens (primary N) is 1. The van der Waals surface area contributed by atoms with E-state index >= 15 is 0 Å². The van der Waals surface area contributed by atoms with Gasteiger partial charge in [0.2, 0.25) is 5.91 Å². The van der Waals surface area contributed by atoms with E-state index in [1.54, 1.807) is 0 Å². The van der Waals surface area contributed by atoms with E-state index in [0.717, 1.165) is 31.4 Å². The Balaban J connectivity index is 2.59. The van der Waals surface area contributed by atoms with Gasteiger partial charge in [0.25, 0.3) is 0 Å². The lowest BCUT2D eigenvalue weighted by Crippen LogP contribution is -2.42. The van der Waals surface area contributed by atoms with Crippen molar-refractivity contribution in [3.8, 4) is 0 Å². The van der Waals surface area contributed by atoms with Crippen LogP contribution in [0.5, 0.6) is 0 Å². The van der Waals surface area contributed by atoms with Crippen LogP contribution < -0.4 is 5.73 Å². The summed E-state index contributed by atoms with van der Waals surface area (Å²) in [7, 11) is 0. The van der Waals surface area contributed by atoms with Gasteiger partial charge in [0.05, 0.1) is 5.92 Å². The first-order valence-electron chi connectivity index (χ1n) is 5.75. The number of carbonyl (C=O) groups is 1. The molecule has 0 saturated heterocycles. The predicted octanol–water partition coefficient (Wildman–Crippen LogP) is 1.54. The maximum absolute atomic E-state index is 12.1. The Kier molecular flexibility index (Phi) is 4.33. The average molecular weight is 210 g/mol. The third-order valence-electron chi connectivity index (χ3n) is 3.04. The third kappa shape index (κ3) is 3.06. The Morgan fingerprint density at radius 1 is 1.53 bits per heavy atom. The molecule has 3 heteroatoms. The lowest BCUT2D eigenvalue weighted by Gasteiger charge is -2.26. The van der Waals surface area contributed by atoms with E-state index in [1.807, 2.05) is 18.7 Å². The van der Waals surface area contributed by atoms with Gasteiger partial charge in [-0.05, 0) is 26.7 Å². The van der Waals surface area contributed by atoms with E-state index in [2.05, 4.69) is 6.58 Å². The predicted molar refractivity (Wildman–Crippen MR) is 62.4 cm³/mol. The van der Waals surface area contributed by atoms with Crippen molar-refractivity contribution in [2.24, 2.45) is 11.7 Å². The number of likely N-dealkylation sites (N-methyl/N-ethyl adjacent to an activating group) is 1. The molecule has 3 nitrogen and oxygen atoms in total. The number of rotatable bonds is 4. The summed E-state index contributed by atoms with van der Waals surface area (Å²) in [6, 6.07) is 0.0664. The van der Waals surface area contributed by atoms with Crippen molar-refractivity contribution < 1.29 is 4.79 Å². The topological polar surface area (TPSA) is 46.3 Å². The van der Waals surface area contributed by atoms with Crippen LogP contribution in [-0.4, -0.2) is 29.9 Å². The summed E-state index contributed by atoms with van der Waals surface area (Å²) in [4.78, 5) is 14.0. The van der Waals surface area contributed by atoms with Gasteiger partial charge in [-0.3, -0.25) is 4.79 Å². The first kappa shape index (κ1) is 12.2. The average Bonchev–Trinajstić information content (AvgIpc) is 2.59. The third-order valence-corrected chi connectivity index (χ3v) is 3.04. The summed E-state index contributed by atoms with van der Waals surface area (Å²) >= 11 is 0. The lowest BCUT2D eigenvalue weighted by atomic mass is 10.0. The van der Waals surface area contributed by atoms with Crippen molar-refractivity contribution >= 4 is 5.91 Å². The summed E-state index contributed by atoms with van der Waals surface area (Å²) in [5.74, 6) is 0.259. The van der Waals surface area contributed by atoms with Crippen molar-refractivity contribution in [3.63, 3.8) is 0 Å². The zero-order chi connectivity index (χ0) is 11.4. The second kappa shape index (κ2) is 5.31. The highest BCUT2D eigenvalue weighted by Crippen LogP contribution is 2.25. The summed E-state index contributed by atoms with van der Waals surface area (Å²) in [5.41, 5.74) is 6.96. The van der Waals surface area contributed by atoms with Crippen LogP contribution in [0, 0.1) is 5.92 Å². The second-order valence-electron chi connectivity index (χ2n) is 4.51. The molecular formula is C12H22N2O. The molecule has 1 saturated carbocycles. The number of amides is 1. The minimum atomic E-state index is 0.0456. The molecule has 0 spiro atoms. The van der Waals surface area contributed by atoms with E-state index in [4.69, 9.17) is 5.73 Å². The zero-order valence-electron chi connectivity index (χ0n) is 9.83. The minimum Gasteiger partial charge on any atom is -0.339 e. The summed E-state index contributed by atoms with van der Waals surface area (Å²) in [6.45, 7) is 9.21. The molecular weight excluding hydrogens is 188 g/mol. The fourth-order valence-electron chi connectivity index (χ4n) is 2.20. The van der Waals surface area contributed by atoms with Crippen molar-refractivity contribution in [1.82, 2.24) is 4.90 Å². The van der Waals surface area contributed by atoms with Crippen LogP contribution in [0.4, 0.5) is 0 Å². The highest BCUT2D eigenvalue weighted by Gasteiger charge is 2.32. The van der Waals surface area contributed by atoms with E-state index in [9.17, 15) is 4.79 Å². The molecule has 1 fully saturated rings. The van der Waals surface area contributed by atoms with Crippen molar-refractivity contribution in [3.05, 3.63) is 12.2 Å². The molecule has 1 aliphatic carbocycles. The normalized spacial score (nSPS) is 25.3. The molecule has 0 bridgehead atoms. The molecule has 0 aromatic rings. The standard InChI is InChI=1S/C12H22N2O/c1-4-14(8-9(2)3)12(15)10-6-5-7-11(10)13/h10-11H,2,4-8,13H2,1,3H3. The van der Waals surface area contributed by atoms with E-state index in [1.165, 1.54) is 0 Å². The molecule has 2 unspecified atom stereocenters. The first-order valence-corrected chi connectivity index (χ1v) is 5.75. The van der Waals surface area contributed by atoms with Crippen LogP contribution >= 0.6 is 0 Å². The monoisotopic (exact) mass is 210 g/mol. The van der Waals surface area contributed by atoms with Gasteiger partial charge in [-0.25, -0.2) is 0 Å². The smallest absolute Gasteiger partial charge is 0.227 e. The van der Waals surface area contributed by atoms with Crippen molar-refractivity contribution in [2.45, 2.75) is 39.2 Å². The van der Waals surface area contributed by atoms with Crippen LogP contribution in [-0.2, 0) is 4.79 Å². The molecule has 1 amide bonds. The Bertz CT molecular complexity index is 250. The molecule has 1 aliphatic rings. The summed E-state index contributed by atoms with van der Waals surface area (Å²) < 4.78 is 0. The molecule has 0 aromatic heterocycles. The highest BCUT2D eigenvalue weighted by molar-refractivity contribution is 5.80. The Hall–Kier alpha value is -0.830. The molecule has 0 aromatic carbocycles. The van der Waals surface area contributed by atoms with Gasteiger partial charge >= 0.3 is 0 Å². The van der Waals surface area contributed by atoms with Crippen LogP contribution in [0.3, 0.4) is 0 Å².